The lowest BCUT2D eigenvalue weighted by Gasteiger charge is -2.18. The summed E-state index contributed by atoms with van der Waals surface area (Å²) in [6.07, 6.45) is 1.87. The van der Waals surface area contributed by atoms with Crippen LogP contribution in [0.1, 0.15) is 32.3 Å². The van der Waals surface area contributed by atoms with Gasteiger partial charge >= 0.3 is 0 Å². The third kappa shape index (κ3) is 3.97. The normalized spacial score (nSPS) is 16.1. The van der Waals surface area contributed by atoms with E-state index in [1.807, 2.05) is 24.3 Å². The van der Waals surface area contributed by atoms with Crippen molar-refractivity contribution in [3.63, 3.8) is 0 Å². The van der Waals surface area contributed by atoms with Gasteiger partial charge in [0.15, 0.2) is 0 Å². The molecule has 0 fully saturated rings. The van der Waals surface area contributed by atoms with E-state index >= 15 is 0 Å². The minimum atomic E-state index is 0.683. The highest BCUT2D eigenvalue weighted by Gasteiger charge is 2.16. The second kappa shape index (κ2) is 7.90. The van der Waals surface area contributed by atoms with E-state index in [-0.39, 0.29) is 0 Å². The van der Waals surface area contributed by atoms with Crippen LogP contribution < -0.4 is 9.64 Å². The van der Waals surface area contributed by atoms with Crippen LogP contribution in [0.5, 0.6) is 5.75 Å². The van der Waals surface area contributed by atoms with Crippen molar-refractivity contribution in [1.29, 1.82) is 0 Å². The first-order valence-corrected chi connectivity index (χ1v) is 7.59. The first-order chi connectivity index (χ1) is 9.85. The van der Waals surface area contributed by atoms with Crippen molar-refractivity contribution in [2.24, 2.45) is 5.16 Å². The van der Waals surface area contributed by atoms with Gasteiger partial charge < -0.3 is 14.5 Å². The number of nitrogens with one attached hydrogen (secondary N) is 1. The molecule has 1 aliphatic heterocycles. The fraction of sp³-hybridized carbons (Fsp3) is 0.562. The SMILES string of the molecule is CC[NH+](CC)CCCO/N=C1/CCOc2ccccc21. The van der Waals surface area contributed by atoms with E-state index in [0.717, 1.165) is 36.4 Å². The summed E-state index contributed by atoms with van der Waals surface area (Å²) in [6.45, 7) is 9.32. The smallest absolute Gasteiger partial charge is 0.128 e. The molecule has 0 aromatic heterocycles. The third-order valence-corrected chi connectivity index (χ3v) is 3.74. The number of quaternary nitrogens is 1. The maximum atomic E-state index is 5.60. The molecule has 0 saturated heterocycles. The van der Waals surface area contributed by atoms with Gasteiger partial charge in [-0.1, -0.05) is 17.3 Å². The Kier molecular flexibility index (Phi) is 5.87. The molecule has 2 rings (SSSR count). The third-order valence-electron chi connectivity index (χ3n) is 3.74. The number of para-hydroxylation sites is 1. The second-order valence-corrected chi connectivity index (χ2v) is 5.03. The van der Waals surface area contributed by atoms with Gasteiger partial charge in [-0.15, -0.1) is 0 Å². The summed E-state index contributed by atoms with van der Waals surface area (Å²) in [7, 11) is 0. The first kappa shape index (κ1) is 14.9. The fourth-order valence-corrected chi connectivity index (χ4v) is 2.43. The number of benzene rings is 1. The van der Waals surface area contributed by atoms with E-state index in [9.17, 15) is 0 Å². The predicted octanol–water partition coefficient (Wildman–Crippen LogP) is 1.50. The van der Waals surface area contributed by atoms with Gasteiger partial charge in [0.05, 0.1) is 32.0 Å². The zero-order valence-corrected chi connectivity index (χ0v) is 12.5. The highest BCUT2D eigenvalue weighted by Crippen LogP contribution is 2.24. The van der Waals surface area contributed by atoms with Crippen LogP contribution in [0.3, 0.4) is 0 Å². The molecular formula is C16H25N2O2+. The molecule has 4 heteroatoms. The number of fused-ring (bicyclic) bond motifs is 1. The molecule has 1 aliphatic rings. The zero-order chi connectivity index (χ0) is 14.2. The van der Waals surface area contributed by atoms with Crippen LogP contribution in [0, 0.1) is 0 Å². The fourth-order valence-electron chi connectivity index (χ4n) is 2.43. The Labute approximate surface area is 121 Å². The lowest BCUT2D eigenvalue weighted by Crippen LogP contribution is -3.11. The van der Waals surface area contributed by atoms with E-state index in [4.69, 9.17) is 9.57 Å². The van der Waals surface area contributed by atoms with Crippen LogP contribution in [-0.4, -0.2) is 38.6 Å². The van der Waals surface area contributed by atoms with Gasteiger partial charge in [0, 0.05) is 18.4 Å². The van der Waals surface area contributed by atoms with Crippen molar-refractivity contribution in [3.8, 4) is 5.75 Å². The number of nitrogens with zero attached hydrogens (tertiary/aromatic N) is 1. The molecule has 4 nitrogen and oxygen atoms in total. The summed E-state index contributed by atoms with van der Waals surface area (Å²) in [5.41, 5.74) is 2.06. The Morgan fingerprint density at radius 2 is 2.05 bits per heavy atom. The van der Waals surface area contributed by atoms with Gasteiger partial charge in [0.25, 0.3) is 0 Å². The quantitative estimate of drug-likeness (QED) is 0.605. The maximum absolute atomic E-state index is 5.60. The standard InChI is InChI=1S/C16H24N2O2/c1-3-18(4-2)11-7-12-20-17-15-10-13-19-16-9-6-5-8-14(15)16/h5-6,8-9H,3-4,7,10-13H2,1-2H3/p+1/b17-15-. The zero-order valence-electron chi connectivity index (χ0n) is 12.5. The first-order valence-electron chi connectivity index (χ1n) is 7.59. The number of hydrogen-bond acceptors (Lipinski definition) is 3. The molecule has 0 radical (unpaired) electrons. The van der Waals surface area contributed by atoms with Crippen LogP contribution >= 0.6 is 0 Å². The molecule has 0 saturated carbocycles. The topological polar surface area (TPSA) is 35.3 Å². The molecule has 1 N–H and O–H groups in total. The average Bonchev–Trinajstić information content (AvgIpc) is 2.51. The summed E-state index contributed by atoms with van der Waals surface area (Å²) in [5, 5.41) is 4.30. The summed E-state index contributed by atoms with van der Waals surface area (Å²) in [6, 6.07) is 8.01. The molecule has 0 aliphatic carbocycles. The number of hydrogen-bond donors (Lipinski definition) is 1. The maximum Gasteiger partial charge on any atom is 0.128 e. The van der Waals surface area contributed by atoms with E-state index in [2.05, 4.69) is 19.0 Å². The second-order valence-electron chi connectivity index (χ2n) is 5.03. The van der Waals surface area contributed by atoms with Gasteiger partial charge in [-0.25, -0.2) is 0 Å². The van der Waals surface area contributed by atoms with Crippen molar-refractivity contribution in [2.45, 2.75) is 26.7 Å². The van der Waals surface area contributed by atoms with Gasteiger partial charge in [-0.3, -0.25) is 0 Å². The van der Waals surface area contributed by atoms with Gasteiger partial charge in [-0.2, -0.15) is 0 Å². The summed E-state index contributed by atoms with van der Waals surface area (Å²) >= 11 is 0. The molecule has 0 amide bonds. The summed E-state index contributed by atoms with van der Waals surface area (Å²) < 4.78 is 5.60. The number of rotatable bonds is 7. The monoisotopic (exact) mass is 277 g/mol. The Morgan fingerprint density at radius 1 is 1.25 bits per heavy atom. The van der Waals surface area contributed by atoms with E-state index in [1.165, 1.54) is 13.1 Å². The molecule has 0 spiro atoms. The Balaban J connectivity index is 1.81. The average molecular weight is 277 g/mol. The van der Waals surface area contributed by atoms with E-state index in [1.54, 1.807) is 4.90 Å². The highest BCUT2D eigenvalue weighted by atomic mass is 16.6. The Bertz CT molecular complexity index is 442. The minimum absolute atomic E-state index is 0.683. The van der Waals surface area contributed by atoms with Crippen molar-refractivity contribution >= 4 is 5.71 Å². The van der Waals surface area contributed by atoms with Crippen molar-refractivity contribution in [3.05, 3.63) is 29.8 Å². The molecule has 0 atom stereocenters. The van der Waals surface area contributed by atoms with Crippen molar-refractivity contribution < 1.29 is 14.5 Å². The molecule has 0 unspecified atom stereocenters. The molecular weight excluding hydrogens is 252 g/mol. The van der Waals surface area contributed by atoms with E-state index in [0.29, 0.717) is 13.2 Å². The van der Waals surface area contributed by atoms with Crippen molar-refractivity contribution in [1.82, 2.24) is 0 Å². The summed E-state index contributed by atoms with van der Waals surface area (Å²) in [4.78, 5) is 7.10. The molecule has 1 aromatic carbocycles. The minimum Gasteiger partial charge on any atom is -0.492 e. The van der Waals surface area contributed by atoms with Crippen LogP contribution in [0.25, 0.3) is 0 Å². The Morgan fingerprint density at radius 3 is 2.85 bits per heavy atom. The van der Waals surface area contributed by atoms with Gasteiger partial charge in [0.1, 0.15) is 12.4 Å². The lowest BCUT2D eigenvalue weighted by molar-refractivity contribution is -0.896. The molecule has 1 aromatic rings. The number of oxime groups is 1. The van der Waals surface area contributed by atoms with Gasteiger partial charge in [0.2, 0.25) is 0 Å². The Hall–Kier alpha value is -1.55. The van der Waals surface area contributed by atoms with Crippen molar-refractivity contribution in [2.75, 3.05) is 32.8 Å². The van der Waals surface area contributed by atoms with Gasteiger partial charge in [-0.05, 0) is 26.0 Å². The molecule has 110 valence electrons. The lowest BCUT2D eigenvalue weighted by atomic mass is 10.0. The van der Waals surface area contributed by atoms with Crippen LogP contribution in [0.4, 0.5) is 0 Å². The highest BCUT2D eigenvalue weighted by molar-refractivity contribution is 6.03. The number of ether oxygens (including phenoxy) is 1. The van der Waals surface area contributed by atoms with E-state index < -0.39 is 0 Å². The molecule has 0 bridgehead atoms. The molecule has 20 heavy (non-hydrogen) atoms. The van der Waals surface area contributed by atoms with Crippen LogP contribution in [0.15, 0.2) is 29.4 Å². The van der Waals surface area contributed by atoms with Crippen LogP contribution in [0.2, 0.25) is 0 Å². The van der Waals surface area contributed by atoms with Crippen LogP contribution in [-0.2, 0) is 4.84 Å². The molecule has 1 heterocycles. The largest absolute Gasteiger partial charge is 0.492 e. The predicted molar refractivity (Wildman–Crippen MR) is 80.6 cm³/mol. The summed E-state index contributed by atoms with van der Waals surface area (Å²) in [5.74, 6) is 0.911.